The first kappa shape index (κ1) is 9.91. The first-order chi connectivity index (χ1) is 5.70. The molecular formula is C10H12SSe. The molecule has 0 saturated heterocycles. The second-order valence-electron chi connectivity index (χ2n) is 2.89. The Hall–Kier alpha value is -0.171. The molecule has 0 radical (unpaired) electrons. The summed E-state index contributed by atoms with van der Waals surface area (Å²) in [6.07, 6.45) is 0. The number of hydrogen-bond acceptors (Lipinski definition) is 1. The van der Waals surface area contributed by atoms with Gasteiger partial charge >= 0.3 is 85.5 Å². The van der Waals surface area contributed by atoms with Crippen molar-refractivity contribution in [1.29, 1.82) is 0 Å². The van der Waals surface area contributed by atoms with Crippen molar-refractivity contribution < 1.29 is 0 Å². The summed E-state index contributed by atoms with van der Waals surface area (Å²) in [5.74, 6) is 0.542. The quantitative estimate of drug-likeness (QED) is 0.578. The summed E-state index contributed by atoms with van der Waals surface area (Å²) in [4.78, 5) is 0. The second kappa shape index (κ2) is 4.76. The molecule has 0 spiro atoms. The van der Waals surface area contributed by atoms with Gasteiger partial charge in [0.1, 0.15) is 0 Å². The maximum absolute atomic E-state index is 5.29. The minimum absolute atomic E-state index is 0.380. The van der Waals surface area contributed by atoms with E-state index in [1.165, 1.54) is 8.22 Å². The monoisotopic (exact) mass is 244 g/mol. The van der Waals surface area contributed by atoms with Gasteiger partial charge in [0.15, 0.2) is 0 Å². The maximum atomic E-state index is 5.29. The van der Waals surface area contributed by atoms with Crippen LogP contribution in [0.2, 0.25) is 0 Å². The Kier molecular flexibility index (Phi) is 3.93. The zero-order valence-corrected chi connectivity index (χ0v) is 9.81. The van der Waals surface area contributed by atoms with E-state index in [1.54, 1.807) is 0 Å². The fourth-order valence-corrected chi connectivity index (χ4v) is 2.82. The van der Waals surface area contributed by atoms with E-state index in [1.807, 2.05) is 6.07 Å². The van der Waals surface area contributed by atoms with Crippen molar-refractivity contribution in [2.75, 3.05) is 0 Å². The number of rotatable bonds is 3. The summed E-state index contributed by atoms with van der Waals surface area (Å²) in [5.41, 5.74) is 0. The first-order valence-electron chi connectivity index (χ1n) is 3.97. The van der Waals surface area contributed by atoms with Crippen LogP contribution in [0.1, 0.15) is 13.8 Å². The van der Waals surface area contributed by atoms with Crippen LogP contribution in [0.15, 0.2) is 30.3 Å². The van der Waals surface area contributed by atoms with Gasteiger partial charge in [0.25, 0.3) is 0 Å². The van der Waals surface area contributed by atoms with Gasteiger partial charge in [0.2, 0.25) is 0 Å². The molecule has 0 amide bonds. The molecule has 0 heterocycles. The summed E-state index contributed by atoms with van der Waals surface area (Å²) in [6, 6.07) is 10.5. The summed E-state index contributed by atoms with van der Waals surface area (Å²) >= 11 is 5.67. The summed E-state index contributed by atoms with van der Waals surface area (Å²) in [7, 11) is 0. The van der Waals surface area contributed by atoms with Crippen molar-refractivity contribution >= 4 is 35.4 Å². The number of hydrogen-bond donors (Lipinski definition) is 0. The van der Waals surface area contributed by atoms with Crippen molar-refractivity contribution in [2.45, 2.75) is 13.8 Å². The molecular weight excluding hydrogens is 231 g/mol. The molecule has 0 fully saturated rings. The molecule has 0 aliphatic carbocycles. The van der Waals surface area contributed by atoms with Crippen molar-refractivity contribution in [2.24, 2.45) is 5.92 Å². The molecule has 0 unspecified atom stereocenters. The van der Waals surface area contributed by atoms with E-state index in [0.717, 1.165) is 0 Å². The van der Waals surface area contributed by atoms with Crippen LogP contribution < -0.4 is 4.46 Å². The third-order valence-corrected chi connectivity index (χ3v) is 4.81. The molecule has 0 atom stereocenters. The molecule has 0 saturated carbocycles. The van der Waals surface area contributed by atoms with Crippen molar-refractivity contribution in [3.8, 4) is 0 Å². The van der Waals surface area contributed by atoms with Gasteiger partial charge in [-0.15, -0.1) is 0 Å². The Balaban J connectivity index is 2.59. The average molecular weight is 243 g/mol. The van der Waals surface area contributed by atoms with E-state index in [4.69, 9.17) is 12.2 Å². The van der Waals surface area contributed by atoms with Crippen LogP contribution in [0.4, 0.5) is 0 Å². The number of thiocarbonyl (C=S) groups is 1. The molecule has 1 aromatic carbocycles. The van der Waals surface area contributed by atoms with E-state index < -0.39 is 0 Å². The van der Waals surface area contributed by atoms with Crippen LogP contribution >= 0.6 is 12.2 Å². The van der Waals surface area contributed by atoms with Gasteiger partial charge in [-0.1, -0.05) is 0 Å². The molecule has 1 rings (SSSR count). The van der Waals surface area contributed by atoms with Gasteiger partial charge in [0.05, 0.1) is 0 Å². The van der Waals surface area contributed by atoms with Crippen LogP contribution in [0.5, 0.6) is 0 Å². The molecule has 0 N–H and O–H groups in total. The van der Waals surface area contributed by atoms with E-state index in [9.17, 15) is 0 Å². The zero-order chi connectivity index (χ0) is 8.97. The zero-order valence-electron chi connectivity index (χ0n) is 7.28. The SMILES string of the molecule is CC(C)C(=S)[Se]c1ccccc1. The van der Waals surface area contributed by atoms with Crippen LogP contribution in [0.3, 0.4) is 0 Å². The van der Waals surface area contributed by atoms with Gasteiger partial charge in [-0.25, -0.2) is 0 Å². The molecule has 0 aliphatic rings. The van der Waals surface area contributed by atoms with Crippen molar-refractivity contribution in [3.63, 3.8) is 0 Å². The standard InChI is InChI=1S/C10H12SSe/c1-8(2)10(11)12-9-6-4-3-5-7-9/h3-8H,1-2H3. The minimum atomic E-state index is 0.380. The normalized spacial score (nSPS) is 10.2. The summed E-state index contributed by atoms with van der Waals surface area (Å²) in [6.45, 7) is 4.32. The van der Waals surface area contributed by atoms with E-state index in [2.05, 4.69) is 38.1 Å². The molecule has 0 aliphatic heterocycles. The van der Waals surface area contributed by atoms with Crippen molar-refractivity contribution in [1.82, 2.24) is 0 Å². The Morgan fingerprint density at radius 2 is 1.83 bits per heavy atom. The van der Waals surface area contributed by atoms with Gasteiger partial charge < -0.3 is 0 Å². The average Bonchev–Trinajstić information content (AvgIpc) is 2.06. The Labute approximate surface area is 85.5 Å². The third-order valence-electron chi connectivity index (χ3n) is 1.43. The predicted molar refractivity (Wildman–Crippen MR) is 59.3 cm³/mol. The predicted octanol–water partition coefficient (Wildman–Crippen LogP) is 2.00. The van der Waals surface area contributed by atoms with Gasteiger partial charge in [0, 0.05) is 0 Å². The third kappa shape index (κ3) is 3.06. The van der Waals surface area contributed by atoms with E-state index in [0.29, 0.717) is 20.9 Å². The fourth-order valence-electron chi connectivity index (χ4n) is 0.723. The van der Waals surface area contributed by atoms with Gasteiger partial charge in [-0.05, 0) is 0 Å². The molecule has 0 nitrogen and oxygen atoms in total. The van der Waals surface area contributed by atoms with Gasteiger partial charge in [-0.3, -0.25) is 0 Å². The van der Waals surface area contributed by atoms with E-state index >= 15 is 0 Å². The summed E-state index contributed by atoms with van der Waals surface area (Å²) < 4.78 is 2.58. The second-order valence-corrected chi connectivity index (χ2v) is 6.25. The number of benzene rings is 1. The van der Waals surface area contributed by atoms with Crippen molar-refractivity contribution in [3.05, 3.63) is 30.3 Å². The van der Waals surface area contributed by atoms with Crippen LogP contribution in [-0.2, 0) is 0 Å². The Bertz CT molecular complexity index is 254. The van der Waals surface area contributed by atoms with Crippen LogP contribution in [-0.4, -0.2) is 18.7 Å². The molecule has 64 valence electrons. The first-order valence-corrected chi connectivity index (χ1v) is 6.09. The molecule has 0 bridgehead atoms. The molecule has 2 heteroatoms. The van der Waals surface area contributed by atoms with Crippen LogP contribution in [0, 0.1) is 5.92 Å². The Morgan fingerprint density at radius 3 is 2.33 bits per heavy atom. The van der Waals surface area contributed by atoms with E-state index in [-0.39, 0.29) is 0 Å². The molecule has 12 heavy (non-hydrogen) atoms. The summed E-state index contributed by atoms with van der Waals surface area (Å²) in [5, 5.41) is 0. The molecule has 1 aromatic rings. The fraction of sp³-hybridized carbons (Fsp3) is 0.300. The topological polar surface area (TPSA) is 0 Å². The van der Waals surface area contributed by atoms with Gasteiger partial charge in [-0.2, -0.15) is 0 Å². The molecule has 0 aromatic heterocycles. The Morgan fingerprint density at radius 1 is 1.25 bits per heavy atom. The van der Waals surface area contributed by atoms with Crippen LogP contribution in [0.25, 0.3) is 0 Å².